The van der Waals surface area contributed by atoms with Crippen LogP contribution in [0.4, 0.5) is 0 Å². The molecule has 0 aliphatic heterocycles. The first-order valence-corrected chi connectivity index (χ1v) is 8.05. The van der Waals surface area contributed by atoms with Crippen molar-refractivity contribution < 1.29 is 4.74 Å². The third-order valence-corrected chi connectivity index (χ3v) is 4.18. The standard InChI is InChI=1S/C17H24N2OS/c1-17(2,3)18-11-15-14(12-20-4)19-16(21-15)10-13-8-6-5-7-9-13/h5-9,18H,10-12H2,1-4H3. The molecule has 0 spiro atoms. The number of benzene rings is 1. The molecule has 0 aliphatic carbocycles. The Morgan fingerprint density at radius 1 is 1.19 bits per heavy atom. The number of ether oxygens (including phenoxy) is 1. The largest absolute Gasteiger partial charge is 0.378 e. The van der Waals surface area contributed by atoms with Crippen LogP contribution in [0.25, 0.3) is 0 Å². The predicted octanol–water partition coefficient (Wildman–Crippen LogP) is 3.77. The summed E-state index contributed by atoms with van der Waals surface area (Å²) in [5.41, 5.74) is 2.46. The smallest absolute Gasteiger partial charge is 0.0976 e. The Hall–Kier alpha value is -1.23. The van der Waals surface area contributed by atoms with Crippen LogP contribution in [0, 0.1) is 0 Å². The number of nitrogens with one attached hydrogen (secondary N) is 1. The van der Waals surface area contributed by atoms with Crippen molar-refractivity contribution in [3.8, 4) is 0 Å². The Balaban J connectivity index is 2.12. The molecule has 21 heavy (non-hydrogen) atoms. The molecule has 114 valence electrons. The zero-order chi connectivity index (χ0) is 15.3. The molecular formula is C17H24N2OS. The van der Waals surface area contributed by atoms with Gasteiger partial charge in [-0.15, -0.1) is 11.3 Å². The molecule has 3 nitrogen and oxygen atoms in total. The Labute approximate surface area is 131 Å². The average Bonchev–Trinajstić information content (AvgIpc) is 2.79. The van der Waals surface area contributed by atoms with E-state index in [1.807, 2.05) is 6.07 Å². The zero-order valence-electron chi connectivity index (χ0n) is 13.3. The van der Waals surface area contributed by atoms with Gasteiger partial charge in [0.05, 0.1) is 17.3 Å². The predicted molar refractivity (Wildman–Crippen MR) is 88.7 cm³/mol. The molecule has 2 rings (SSSR count). The van der Waals surface area contributed by atoms with Gasteiger partial charge in [0.2, 0.25) is 0 Å². The van der Waals surface area contributed by atoms with Crippen LogP contribution in [-0.4, -0.2) is 17.6 Å². The molecule has 2 aromatic rings. The van der Waals surface area contributed by atoms with Crippen molar-refractivity contribution in [3.63, 3.8) is 0 Å². The molecule has 1 heterocycles. The maximum absolute atomic E-state index is 5.28. The minimum absolute atomic E-state index is 0.105. The lowest BCUT2D eigenvalue weighted by Gasteiger charge is -2.20. The molecule has 0 atom stereocenters. The maximum Gasteiger partial charge on any atom is 0.0976 e. The summed E-state index contributed by atoms with van der Waals surface area (Å²) in [6, 6.07) is 10.5. The highest BCUT2D eigenvalue weighted by Crippen LogP contribution is 2.22. The highest BCUT2D eigenvalue weighted by Gasteiger charge is 2.15. The first-order valence-electron chi connectivity index (χ1n) is 7.23. The SMILES string of the molecule is COCc1nc(Cc2ccccc2)sc1CNC(C)(C)C. The van der Waals surface area contributed by atoms with Crippen LogP contribution < -0.4 is 5.32 Å². The molecule has 0 aliphatic rings. The van der Waals surface area contributed by atoms with Crippen molar-refractivity contribution >= 4 is 11.3 Å². The molecule has 0 fully saturated rings. The maximum atomic E-state index is 5.28. The van der Waals surface area contributed by atoms with Crippen LogP contribution in [-0.2, 0) is 24.3 Å². The van der Waals surface area contributed by atoms with E-state index in [4.69, 9.17) is 9.72 Å². The minimum Gasteiger partial charge on any atom is -0.378 e. The van der Waals surface area contributed by atoms with Crippen molar-refractivity contribution in [3.05, 3.63) is 51.5 Å². The Bertz CT molecular complexity index is 558. The molecule has 0 unspecified atom stereocenters. The van der Waals surface area contributed by atoms with Crippen molar-refractivity contribution in [1.29, 1.82) is 0 Å². The number of thiazole rings is 1. The molecule has 4 heteroatoms. The van der Waals surface area contributed by atoms with Gasteiger partial charge in [0.15, 0.2) is 0 Å². The molecule has 0 amide bonds. The molecule has 0 saturated carbocycles. The van der Waals surface area contributed by atoms with E-state index in [-0.39, 0.29) is 5.54 Å². The van der Waals surface area contributed by atoms with Crippen molar-refractivity contribution in [2.75, 3.05) is 7.11 Å². The number of rotatable bonds is 6. The number of nitrogens with zero attached hydrogens (tertiary/aromatic N) is 1. The van der Waals surface area contributed by atoms with Gasteiger partial charge in [0, 0.05) is 30.5 Å². The molecule has 0 radical (unpaired) electrons. The zero-order valence-corrected chi connectivity index (χ0v) is 14.1. The Kier molecular flexibility index (Phi) is 5.51. The molecule has 0 saturated heterocycles. The lowest BCUT2D eigenvalue weighted by Crippen LogP contribution is -2.35. The third kappa shape index (κ3) is 5.23. The monoisotopic (exact) mass is 304 g/mol. The molecule has 1 aromatic heterocycles. The van der Waals surface area contributed by atoms with E-state index in [2.05, 4.69) is 50.4 Å². The number of hydrogen-bond donors (Lipinski definition) is 1. The van der Waals surface area contributed by atoms with Crippen LogP contribution in [0.2, 0.25) is 0 Å². The highest BCUT2D eigenvalue weighted by molar-refractivity contribution is 7.11. The summed E-state index contributed by atoms with van der Waals surface area (Å²) >= 11 is 1.78. The fraction of sp³-hybridized carbons (Fsp3) is 0.471. The number of aromatic nitrogens is 1. The van der Waals surface area contributed by atoms with Crippen LogP contribution >= 0.6 is 11.3 Å². The summed E-state index contributed by atoms with van der Waals surface area (Å²) in [6.45, 7) is 7.94. The quantitative estimate of drug-likeness (QED) is 0.882. The summed E-state index contributed by atoms with van der Waals surface area (Å²) in [7, 11) is 1.72. The lowest BCUT2D eigenvalue weighted by molar-refractivity contribution is 0.181. The van der Waals surface area contributed by atoms with Gasteiger partial charge in [-0.05, 0) is 26.3 Å². The molecular weight excluding hydrogens is 280 g/mol. The summed E-state index contributed by atoms with van der Waals surface area (Å²) < 4.78 is 5.28. The van der Waals surface area contributed by atoms with Crippen LogP contribution in [0.3, 0.4) is 0 Å². The second-order valence-electron chi connectivity index (χ2n) is 6.18. The third-order valence-electron chi connectivity index (χ3n) is 3.08. The second kappa shape index (κ2) is 7.16. The molecule has 0 bridgehead atoms. The van der Waals surface area contributed by atoms with E-state index < -0.39 is 0 Å². The topological polar surface area (TPSA) is 34.1 Å². The van der Waals surface area contributed by atoms with Crippen LogP contribution in [0.1, 0.15) is 41.9 Å². The average molecular weight is 304 g/mol. The fourth-order valence-electron chi connectivity index (χ4n) is 2.02. The van der Waals surface area contributed by atoms with Crippen LogP contribution in [0.5, 0.6) is 0 Å². The van der Waals surface area contributed by atoms with E-state index >= 15 is 0 Å². The normalized spacial score (nSPS) is 11.8. The highest BCUT2D eigenvalue weighted by atomic mass is 32.1. The summed E-state index contributed by atoms with van der Waals surface area (Å²) in [5.74, 6) is 0. The number of methoxy groups -OCH3 is 1. The van der Waals surface area contributed by atoms with Crippen molar-refractivity contribution in [1.82, 2.24) is 10.3 Å². The van der Waals surface area contributed by atoms with E-state index in [1.165, 1.54) is 10.4 Å². The Morgan fingerprint density at radius 3 is 2.52 bits per heavy atom. The van der Waals surface area contributed by atoms with E-state index in [0.717, 1.165) is 23.7 Å². The van der Waals surface area contributed by atoms with E-state index in [1.54, 1.807) is 18.4 Å². The van der Waals surface area contributed by atoms with E-state index in [0.29, 0.717) is 6.61 Å². The van der Waals surface area contributed by atoms with E-state index in [9.17, 15) is 0 Å². The first kappa shape index (κ1) is 16.1. The van der Waals surface area contributed by atoms with Gasteiger partial charge < -0.3 is 10.1 Å². The van der Waals surface area contributed by atoms with Crippen molar-refractivity contribution in [2.24, 2.45) is 0 Å². The van der Waals surface area contributed by atoms with Gasteiger partial charge in [0.25, 0.3) is 0 Å². The van der Waals surface area contributed by atoms with Gasteiger partial charge in [-0.25, -0.2) is 4.98 Å². The van der Waals surface area contributed by atoms with Crippen LogP contribution in [0.15, 0.2) is 30.3 Å². The molecule has 1 aromatic carbocycles. The summed E-state index contributed by atoms with van der Waals surface area (Å²) in [5, 5.41) is 4.68. The molecule has 1 N–H and O–H groups in total. The minimum atomic E-state index is 0.105. The van der Waals surface area contributed by atoms with Gasteiger partial charge in [-0.1, -0.05) is 30.3 Å². The first-order chi connectivity index (χ1) is 9.98. The fourth-order valence-corrected chi connectivity index (χ4v) is 3.06. The second-order valence-corrected chi connectivity index (χ2v) is 7.34. The summed E-state index contributed by atoms with van der Waals surface area (Å²) in [6.07, 6.45) is 0.887. The lowest BCUT2D eigenvalue weighted by atomic mass is 10.1. The van der Waals surface area contributed by atoms with Gasteiger partial charge in [0.1, 0.15) is 0 Å². The number of hydrogen-bond acceptors (Lipinski definition) is 4. The van der Waals surface area contributed by atoms with Gasteiger partial charge >= 0.3 is 0 Å². The van der Waals surface area contributed by atoms with Gasteiger partial charge in [-0.3, -0.25) is 0 Å². The summed E-state index contributed by atoms with van der Waals surface area (Å²) in [4.78, 5) is 6.03. The van der Waals surface area contributed by atoms with Gasteiger partial charge in [-0.2, -0.15) is 0 Å². The Morgan fingerprint density at radius 2 is 1.90 bits per heavy atom. The van der Waals surface area contributed by atoms with Crippen molar-refractivity contribution in [2.45, 2.75) is 45.9 Å².